The molecule has 0 aromatic heterocycles. The summed E-state index contributed by atoms with van der Waals surface area (Å²) in [7, 11) is 0. The lowest BCUT2D eigenvalue weighted by molar-refractivity contribution is -0.00980. The van der Waals surface area contributed by atoms with Crippen LogP contribution in [0.1, 0.15) is 0 Å². The topological polar surface area (TPSA) is 41.9 Å². The highest BCUT2D eigenvalue weighted by molar-refractivity contribution is 4.68. The van der Waals surface area contributed by atoms with Crippen LogP contribution >= 0.6 is 0 Å². The number of morpholine rings is 1. The van der Waals surface area contributed by atoms with Crippen LogP contribution in [0.2, 0.25) is 0 Å². The second-order valence-electron chi connectivity index (χ2n) is 3.39. The van der Waals surface area contributed by atoms with E-state index >= 15 is 0 Å². The zero-order chi connectivity index (χ0) is 10.2. The number of aliphatic hydroxyl groups excluding tert-OH is 1. The molecule has 0 radical (unpaired) electrons. The maximum Gasteiger partial charge on any atom is 0.0900 e. The van der Waals surface area contributed by atoms with Crippen LogP contribution in [-0.4, -0.2) is 62.2 Å². The van der Waals surface area contributed by atoms with Gasteiger partial charge in [0.1, 0.15) is 0 Å². The van der Waals surface area contributed by atoms with Crippen molar-refractivity contribution in [2.45, 2.75) is 6.10 Å². The molecule has 0 spiro atoms. The fourth-order valence-corrected chi connectivity index (χ4v) is 1.42. The van der Waals surface area contributed by atoms with E-state index in [1.807, 2.05) is 0 Å². The van der Waals surface area contributed by atoms with E-state index in [0.29, 0.717) is 19.8 Å². The molecule has 0 aromatic rings. The first-order valence-electron chi connectivity index (χ1n) is 4.99. The molecule has 1 aliphatic heterocycles. The summed E-state index contributed by atoms with van der Waals surface area (Å²) in [5.41, 5.74) is 0. The molecule has 1 unspecified atom stereocenters. The third-order valence-corrected chi connectivity index (χ3v) is 2.12. The molecule has 4 nitrogen and oxygen atoms in total. The van der Waals surface area contributed by atoms with E-state index in [1.54, 1.807) is 6.08 Å². The van der Waals surface area contributed by atoms with Gasteiger partial charge in [-0.3, -0.25) is 4.90 Å². The molecule has 1 heterocycles. The lowest BCUT2D eigenvalue weighted by Gasteiger charge is -2.28. The zero-order valence-corrected chi connectivity index (χ0v) is 8.52. The molecule has 1 saturated heterocycles. The average Bonchev–Trinajstić information content (AvgIpc) is 2.20. The third-order valence-electron chi connectivity index (χ3n) is 2.12. The summed E-state index contributed by atoms with van der Waals surface area (Å²) in [5.74, 6) is 0. The van der Waals surface area contributed by atoms with Crippen LogP contribution in [0.4, 0.5) is 0 Å². The predicted octanol–water partition coefficient (Wildman–Crippen LogP) is -0.118. The number of aliphatic hydroxyl groups is 1. The van der Waals surface area contributed by atoms with Crippen molar-refractivity contribution in [3.63, 3.8) is 0 Å². The van der Waals surface area contributed by atoms with Gasteiger partial charge in [0.25, 0.3) is 0 Å². The normalized spacial score (nSPS) is 20.6. The van der Waals surface area contributed by atoms with Crippen molar-refractivity contribution in [1.29, 1.82) is 0 Å². The van der Waals surface area contributed by atoms with Gasteiger partial charge < -0.3 is 14.6 Å². The number of ether oxygens (including phenoxy) is 2. The molecular formula is C10H19NO3. The molecule has 0 amide bonds. The first-order valence-corrected chi connectivity index (χ1v) is 4.99. The second-order valence-corrected chi connectivity index (χ2v) is 3.39. The van der Waals surface area contributed by atoms with Gasteiger partial charge in [-0.25, -0.2) is 0 Å². The third kappa shape index (κ3) is 4.72. The largest absolute Gasteiger partial charge is 0.389 e. The fourth-order valence-electron chi connectivity index (χ4n) is 1.42. The maximum absolute atomic E-state index is 9.59. The van der Waals surface area contributed by atoms with Crippen LogP contribution in [0.3, 0.4) is 0 Å². The number of β-amino-alcohol motifs (C(OH)–C–C–N with tert-alkyl or cyclic N) is 1. The minimum Gasteiger partial charge on any atom is -0.389 e. The highest BCUT2D eigenvalue weighted by atomic mass is 16.5. The average molecular weight is 201 g/mol. The monoisotopic (exact) mass is 201 g/mol. The van der Waals surface area contributed by atoms with Crippen molar-refractivity contribution in [3.8, 4) is 0 Å². The Morgan fingerprint density at radius 3 is 2.86 bits per heavy atom. The standard InChI is InChI=1S/C10H19NO3/c1-2-5-14-9-10(12)8-11-3-6-13-7-4-11/h2,10,12H,1,3-9H2. The van der Waals surface area contributed by atoms with Crippen molar-refractivity contribution in [2.75, 3.05) is 46.1 Å². The molecule has 0 aromatic carbocycles. The Labute approximate surface area is 85.1 Å². The van der Waals surface area contributed by atoms with Crippen molar-refractivity contribution < 1.29 is 14.6 Å². The van der Waals surface area contributed by atoms with Crippen LogP contribution in [-0.2, 0) is 9.47 Å². The molecular weight excluding hydrogens is 182 g/mol. The van der Waals surface area contributed by atoms with E-state index in [1.165, 1.54) is 0 Å². The summed E-state index contributed by atoms with van der Waals surface area (Å²) in [4.78, 5) is 2.19. The van der Waals surface area contributed by atoms with E-state index < -0.39 is 6.10 Å². The Kier molecular flexibility index (Phi) is 5.78. The van der Waals surface area contributed by atoms with Gasteiger partial charge in [0.15, 0.2) is 0 Å². The fraction of sp³-hybridized carbons (Fsp3) is 0.800. The summed E-state index contributed by atoms with van der Waals surface area (Å²) in [6, 6.07) is 0. The second kappa shape index (κ2) is 6.95. The number of rotatable bonds is 6. The van der Waals surface area contributed by atoms with Crippen molar-refractivity contribution in [2.24, 2.45) is 0 Å². The lowest BCUT2D eigenvalue weighted by Crippen LogP contribution is -2.42. The molecule has 1 N–H and O–H groups in total. The van der Waals surface area contributed by atoms with Crippen LogP contribution in [0.5, 0.6) is 0 Å². The summed E-state index contributed by atoms with van der Waals surface area (Å²) < 4.78 is 10.4. The summed E-state index contributed by atoms with van der Waals surface area (Å²) in [5, 5.41) is 9.59. The Balaban J connectivity index is 2.05. The highest BCUT2D eigenvalue weighted by Crippen LogP contribution is 1.98. The minimum absolute atomic E-state index is 0.378. The van der Waals surface area contributed by atoms with Crippen LogP contribution in [0.25, 0.3) is 0 Å². The molecule has 0 bridgehead atoms. The quantitative estimate of drug-likeness (QED) is 0.480. The first-order chi connectivity index (χ1) is 6.83. The summed E-state index contributed by atoms with van der Waals surface area (Å²) >= 11 is 0. The molecule has 4 heteroatoms. The van der Waals surface area contributed by atoms with Gasteiger partial charge in [0.05, 0.1) is 32.5 Å². The molecule has 0 saturated carbocycles. The molecule has 14 heavy (non-hydrogen) atoms. The van der Waals surface area contributed by atoms with E-state index in [2.05, 4.69) is 11.5 Å². The number of nitrogens with zero attached hydrogens (tertiary/aromatic N) is 1. The van der Waals surface area contributed by atoms with Gasteiger partial charge >= 0.3 is 0 Å². The summed E-state index contributed by atoms with van der Waals surface area (Å²) in [6.45, 7) is 8.42. The van der Waals surface area contributed by atoms with Gasteiger partial charge in [0, 0.05) is 19.6 Å². The molecule has 1 atom stereocenters. The van der Waals surface area contributed by atoms with E-state index in [-0.39, 0.29) is 0 Å². The number of hydrogen-bond donors (Lipinski definition) is 1. The summed E-state index contributed by atoms with van der Waals surface area (Å²) in [6.07, 6.45) is 1.27. The highest BCUT2D eigenvalue weighted by Gasteiger charge is 2.14. The minimum atomic E-state index is -0.409. The molecule has 1 aliphatic rings. The predicted molar refractivity (Wildman–Crippen MR) is 54.3 cm³/mol. The molecule has 1 rings (SSSR count). The molecule has 0 aliphatic carbocycles. The van der Waals surface area contributed by atoms with E-state index in [0.717, 1.165) is 26.3 Å². The Morgan fingerprint density at radius 1 is 1.50 bits per heavy atom. The van der Waals surface area contributed by atoms with Crippen LogP contribution in [0, 0.1) is 0 Å². The lowest BCUT2D eigenvalue weighted by atomic mass is 10.3. The van der Waals surface area contributed by atoms with Crippen molar-refractivity contribution in [1.82, 2.24) is 4.90 Å². The smallest absolute Gasteiger partial charge is 0.0900 e. The van der Waals surface area contributed by atoms with Crippen LogP contribution in [0.15, 0.2) is 12.7 Å². The Hall–Kier alpha value is -0.420. The van der Waals surface area contributed by atoms with E-state index in [4.69, 9.17) is 9.47 Å². The van der Waals surface area contributed by atoms with Gasteiger partial charge in [-0.2, -0.15) is 0 Å². The van der Waals surface area contributed by atoms with Gasteiger partial charge in [-0.05, 0) is 0 Å². The first kappa shape index (κ1) is 11.7. The Bertz CT molecular complexity index is 157. The van der Waals surface area contributed by atoms with Crippen molar-refractivity contribution >= 4 is 0 Å². The maximum atomic E-state index is 9.59. The zero-order valence-electron chi connectivity index (χ0n) is 8.52. The van der Waals surface area contributed by atoms with Gasteiger partial charge in [-0.1, -0.05) is 6.08 Å². The number of hydrogen-bond acceptors (Lipinski definition) is 4. The van der Waals surface area contributed by atoms with E-state index in [9.17, 15) is 5.11 Å². The Morgan fingerprint density at radius 2 is 2.21 bits per heavy atom. The van der Waals surface area contributed by atoms with Crippen LogP contribution < -0.4 is 0 Å². The molecule has 1 fully saturated rings. The van der Waals surface area contributed by atoms with Crippen molar-refractivity contribution in [3.05, 3.63) is 12.7 Å². The van der Waals surface area contributed by atoms with Gasteiger partial charge in [-0.15, -0.1) is 6.58 Å². The van der Waals surface area contributed by atoms with Gasteiger partial charge in [0.2, 0.25) is 0 Å². The SMILES string of the molecule is C=CCOCC(O)CN1CCOCC1. The molecule has 82 valence electrons.